The van der Waals surface area contributed by atoms with Gasteiger partial charge in [-0.1, -0.05) is 51.1 Å². The van der Waals surface area contributed by atoms with Gasteiger partial charge in [0.15, 0.2) is 0 Å². The largest absolute Gasteiger partial charge is 0.468 e. The van der Waals surface area contributed by atoms with E-state index in [1.807, 2.05) is 6.07 Å². The van der Waals surface area contributed by atoms with Crippen molar-refractivity contribution < 1.29 is 9.53 Å². The van der Waals surface area contributed by atoms with E-state index in [0.29, 0.717) is 5.41 Å². The molecule has 1 aromatic rings. The lowest BCUT2D eigenvalue weighted by atomic mass is 9.69. The molecule has 3 atom stereocenters. The van der Waals surface area contributed by atoms with Gasteiger partial charge in [-0.25, -0.2) is 0 Å². The zero-order valence-corrected chi connectivity index (χ0v) is 15.7. The minimum atomic E-state index is -0.0707. The van der Waals surface area contributed by atoms with E-state index in [1.54, 1.807) is 0 Å². The molecule has 0 amide bonds. The standard InChI is InChI=1S/C21H31NO2/c1-15(16-9-7-6-8-10-16)22-18(19(23)24-5)21(22)13-11-17(12-14-21)20(2,3)4/h6-10,15,17-18H,11-14H2,1-5H3/t15-,17?,18?,21?,22?/m0/s1. The highest BCUT2D eigenvalue weighted by Gasteiger charge is 2.68. The van der Waals surface area contributed by atoms with E-state index >= 15 is 0 Å². The molecule has 0 aromatic heterocycles. The Labute approximate surface area is 146 Å². The van der Waals surface area contributed by atoms with Gasteiger partial charge in [0.05, 0.1) is 7.11 Å². The minimum absolute atomic E-state index is 0.0180. The Morgan fingerprint density at radius 1 is 1.21 bits per heavy atom. The highest BCUT2D eigenvalue weighted by Crippen LogP contribution is 2.58. The minimum Gasteiger partial charge on any atom is -0.468 e. The summed E-state index contributed by atoms with van der Waals surface area (Å²) in [5, 5.41) is 0. The fourth-order valence-electron chi connectivity index (χ4n) is 4.86. The monoisotopic (exact) mass is 329 g/mol. The number of nitrogens with zero attached hydrogens (tertiary/aromatic N) is 1. The average molecular weight is 329 g/mol. The predicted molar refractivity (Wildman–Crippen MR) is 96.6 cm³/mol. The summed E-state index contributed by atoms with van der Waals surface area (Å²) in [4.78, 5) is 14.8. The number of ether oxygens (including phenoxy) is 1. The molecule has 132 valence electrons. The van der Waals surface area contributed by atoms with E-state index in [-0.39, 0.29) is 23.6 Å². The highest BCUT2D eigenvalue weighted by atomic mass is 16.5. The normalized spacial score (nSPS) is 34.0. The van der Waals surface area contributed by atoms with E-state index in [1.165, 1.54) is 25.5 Å². The molecule has 1 saturated heterocycles. The van der Waals surface area contributed by atoms with Crippen molar-refractivity contribution in [2.24, 2.45) is 11.3 Å². The molecule has 3 nitrogen and oxygen atoms in total. The summed E-state index contributed by atoms with van der Waals surface area (Å²) in [6, 6.07) is 10.7. The molecule has 3 heteroatoms. The molecule has 1 aromatic carbocycles. The zero-order valence-electron chi connectivity index (χ0n) is 15.7. The molecular formula is C21H31NO2. The summed E-state index contributed by atoms with van der Waals surface area (Å²) in [6.45, 7) is 9.23. The van der Waals surface area contributed by atoms with Gasteiger partial charge in [-0.2, -0.15) is 0 Å². The van der Waals surface area contributed by atoms with Crippen molar-refractivity contribution in [3.8, 4) is 0 Å². The molecule has 2 aliphatic rings. The maximum absolute atomic E-state index is 12.4. The van der Waals surface area contributed by atoms with Crippen molar-refractivity contribution >= 4 is 5.97 Å². The van der Waals surface area contributed by atoms with E-state index in [0.717, 1.165) is 18.8 Å². The summed E-state index contributed by atoms with van der Waals surface area (Å²) in [6.07, 6.45) is 4.61. The molecule has 0 bridgehead atoms. The Morgan fingerprint density at radius 2 is 1.79 bits per heavy atom. The van der Waals surface area contributed by atoms with Gasteiger partial charge in [0, 0.05) is 11.6 Å². The highest BCUT2D eigenvalue weighted by molar-refractivity contribution is 5.82. The van der Waals surface area contributed by atoms with Crippen LogP contribution in [0.1, 0.15) is 65.0 Å². The lowest BCUT2D eigenvalue weighted by Gasteiger charge is -2.38. The van der Waals surface area contributed by atoms with Crippen LogP contribution in [0, 0.1) is 11.3 Å². The Kier molecular flexibility index (Phi) is 4.50. The Hall–Kier alpha value is -1.35. The summed E-state index contributed by atoms with van der Waals surface area (Å²) >= 11 is 0. The van der Waals surface area contributed by atoms with Crippen LogP contribution in [0.15, 0.2) is 30.3 Å². The van der Waals surface area contributed by atoms with Crippen LogP contribution in [-0.2, 0) is 9.53 Å². The molecule has 24 heavy (non-hydrogen) atoms. The van der Waals surface area contributed by atoms with Gasteiger partial charge in [-0.15, -0.1) is 0 Å². The van der Waals surface area contributed by atoms with Gasteiger partial charge >= 0.3 is 5.97 Å². The first-order chi connectivity index (χ1) is 11.3. The van der Waals surface area contributed by atoms with E-state index < -0.39 is 0 Å². The third kappa shape index (κ3) is 2.88. The van der Waals surface area contributed by atoms with Crippen LogP contribution < -0.4 is 0 Å². The summed E-state index contributed by atoms with van der Waals surface area (Å²) in [7, 11) is 1.51. The second-order valence-corrected chi connectivity index (χ2v) is 8.66. The van der Waals surface area contributed by atoms with Crippen LogP contribution in [0.25, 0.3) is 0 Å². The predicted octanol–water partition coefficient (Wildman–Crippen LogP) is 4.58. The summed E-state index contributed by atoms with van der Waals surface area (Å²) in [5.41, 5.74) is 1.65. The molecule has 2 unspecified atom stereocenters. The van der Waals surface area contributed by atoms with Gasteiger partial charge in [-0.05, 0) is 49.5 Å². The van der Waals surface area contributed by atoms with Crippen molar-refractivity contribution in [2.45, 2.75) is 71.0 Å². The molecule has 1 saturated carbocycles. The quantitative estimate of drug-likeness (QED) is 0.600. The summed E-state index contributed by atoms with van der Waals surface area (Å²) in [5.74, 6) is 0.683. The molecule has 1 spiro atoms. The van der Waals surface area contributed by atoms with E-state index in [9.17, 15) is 4.79 Å². The number of carbonyl (C=O) groups is 1. The smallest absolute Gasteiger partial charge is 0.325 e. The number of hydrogen-bond donors (Lipinski definition) is 0. The van der Waals surface area contributed by atoms with Crippen LogP contribution in [0.3, 0.4) is 0 Å². The lowest BCUT2D eigenvalue weighted by Crippen LogP contribution is -2.33. The van der Waals surface area contributed by atoms with Crippen LogP contribution in [0.4, 0.5) is 0 Å². The van der Waals surface area contributed by atoms with Crippen molar-refractivity contribution in [3.05, 3.63) is 35.9 Å². The molecule has 3 rings (SSSR count). The summed E-state index contributed by atoms with van der Waals surface area (Å²) < 4.78 is 5.13. The van der Waals surface area contributed by atoms with Crippen molar-refractivity contribution in [1.29, 1.82) is 0 Å². The van der Waals surface area contributed by atoms with Crippen LogP contribution in [0.2, 0.25) is 0 Å². The Bertz CT molecular complexity index is 582. The molecule has 1 aliphatic carbocycles. The Balaban J connectivity index is 1.80. The Morgan fingerprint density at radius 3 is 2.29 bits per heavy atom. The van der Waals surface area contributed by atoms with Crippen LogP contribution in [-0.4, -0.2) is 29.6 Å². The molecule has 1 aliphatic heterocycles. The first-order valence-corrected chi connectivity index (χ1v) is 9.22. The zero-order chi connectivity index (χ0) is 17.5. The molecule has 1 heterocycles. The maximum Gasteiger partial charge on any atom is 0.325 e. The second kappa shape index (κ2) is 6.18. The van der Waals surface area contributed by atoms with Gasteiger partial charge < -0.3 is 4.74 Å². The number of carbonyl (C=O) groups excluding carboxylic acids is 1. The molecule has 0 radical (unpaired) electrons. The number of hydrogen-bond acceptors (Lipinski definition) is 3. The first-order valence-electron chi connectivity index (χ1n) is 9.22. The van der Waals surface area contributed by atoms with Gasteiger partial charge in [0.25, 0.3) is 0 Å². The third-order valence-corrected chi connectivity index (χ3v) is 6.43. The number of esters is 1. The number of benzene rings is 1. The number of methoxy groups -OCH3 is 1. The second-order valence-electron chi connectivity index (χ2n) is 8.66. The fraction of sp³-hybridized carbons (Fsp3) is 0.667. The SMILES string of the molecule is COC(=O)C1N([C@@H](C)c2ccccc2)C12CCC(C(C)(C)C)CC2. The van der Waals surface area contributed by atoms with Crippen LogP contribution in [0.5, 0.6) is 0 Å². The van der Waals surface area contributed by atoms with Gasteiger partial charge in [-0.3, -0.25) is 9.69 Å². The molecular weight excluding hydrogens is 298 g/mol. The molecule has 2 fully saturated rings. The van der Waals surface area contributed by atoms with Crippen molar-refractivity contribution in [2.75, 3.05) is 7.11 Å². The van der Waals surface area contributed by atoms with Crippen LogP contribution >= 0.6 is 0 Å². The van der Waals surface area contributed by atoms with Crippen molar-refractivity contribution in [3.63, 3.8) is 0 Å². The fourth-order valence-corrected chi connectivity index (χ4v) is 4.86. The van der Waals surface area contributed by atoms with E-state index in [4.69, 9.17) is 4.74 Å². The van der Waals surface area contributed by atoms with Gasteiger partial charge in [0.1, 0.15) is 6.04 Å². The lowest BCUT2D eigenvalue weighted by molar-refractivity contribution is -0.141. The third-order valence-electron chi connectivity index (χ3n) is 6.43. The van der Waals surface area contributed by atoms with Crippen molar-refractivity contribution in [1.82, 2.24) is 4.90 Å². The molecule has 0 N–H and O–H groups in total. The van der Waals surface area contributed by atoms with E-state index in [2.05, 4.69) is 56.9 Å². The number of rotatable bonds is 3. The topological polar surface area (TPSA) is 29.3 Å². The maximum atomic E-state index is 12.4. The van der Waals surface area contributed by atoms with Gasteiger partial charge in [0.2, 0.25) is 0 Å². The first kappa shape index (κ1) is 17.5. The average Bonchev–Trinajstić information content (AvgIpc) is 3.21.